The summed E-state index contributed by atoms with van der Waals surface area (Å²) in [5.41, 5.74) is 1.94. The van der Waals surface area contributed by atoms with Crippen LogP contribution >= 0.6 is 15.9 Å². The third kappa shape index (κ3) is 4.52. The number of para-hydroxylation sites is 1. The summed E-state index contributed by atoms with van der Waals surface area (Å²) in [6.45, 7) is 2.23. The Morgan fingerprint density at radius 1 is 1.19 bits per heavy atom. The summed E-state index contributed by atoms with van der Waals surface area (Å²) in [4.78, 5) is 14.2. The van der Waals surface area contributed by atoms with Gasteiger partial charge in [0.2, 0.25) is 0 Å². The van der Waals surface area contributed by atoms with Crippen LogP contribution in [0.1, 0.15) is 12.5 Å². The van der Waals surface area contributed by atoms with Crippen LogP contribution in [0.3, 0.4) is 0 Å². The van der Waals surface area contributed by atoms with Gasteiger partial charge in [-0.25, -0.2) is 4.68 Å². The number of aromatic nitrogens is 2. The number of nitrogens with zero attached hydrogens (tertiary/aromatic N) is 3. The summed E-state index contributed by atoms with van der Waals surface area (Å²) < 4.78 is 8.50. The van der Waals surface area contributed by atoms with Crippen molar-refractivity contribution in [1.82, 2.24) is 14.7 Å². The Kier molecular flexibility index (Phi) is 5.73. The Bertz CT molecular complexity index is 862. The van der Waals surface area contributed by atoms with E-state index < -0.39 is 6.10 Å². The van der Waals surface area contributed by atoms with Gasteiger partial charge in [0.25, 0.3) is 5.91 Å². The Hall–Kier alpha value is -2.60. The standard InChI is InChI=1S/C20H20BrN3O2/c1-15(26-19-10-8-17(21)9-11-19)20(25)23(2)13-16-12-22-24(14-16)18-6-4-3-5-7-18/h3-12,14-15H,13H2,1-2H3/t15-/m1/s1. The molecule has 0 spiro atoms. The molecule has 0 aliphatic carbocycles. The highest BCUT2D eigenvalue weighted by molar-refractivity contribution is 9.10. The molecule has 3 rings (SSSR count). The molecule has 2 aromatic carbocycles. The summed E-state index contributed by atoms with van der Waals surface area (Å²) >= 11 is 3.38. The summed E-state index contributed by atoms with van der Waals surface area (Å²) in [5.74, 6) is 0.583. The summed E-state index contributed by atoms with van der Waals surface area (Å²) in [5, 5.41) is 4.36. The van der Waals surface area contributed by atoms with Gasteiger partial charge in [0.1, 0.15) is 5.75 Å². The predicted molar refractivity (Wildman–Crippen MR) is 104 cm³/mol. The van der Waals surface area contributed by atoms with Gasteiger partial charge in [-0.2, -0.15) is 5.10 Å². The van der Waals surface area contributed by atoms with Crippen molar-refractivity contribution < 1.29 is 9.53 Å². The van der Waals surface area contributed by atoms with Crippen molar-refractivity contribution in [2.24, 2.45) is 0 Å². The number of hydrogen-bond donors (Lipinski definition) is 0. The van der Waals surface area contributed by atoms with Crippen molar-refractivity contribution in [2.75, 3.05) is 7.05 Å². The number of benzene rings is 2. The second-order valence-electron chi connectivity index (χ2n) is 6.04. The number of rotatable bonds is 6. The van der Waals surface area contributed by atoms with Crippen LogP contribution in [-0.2, 0) is 11.3 Å². The fourth-order valence-electron chi connectivity index (χ4n) is 2.59. The molecule has 0 saturated carbocycles. The number of ether oxygens (including phenoxy) is 1. The minimum absolute atomic E-state index is 0.0830. The van der Waals surface area contributed by atoms with E-state index in [-0.39, 0.29) is 5.91 Å². The quantitative estimate of drug-likeness (QED) is 0.611. The molecule has 0 aliphatic rings. The topological polar surface area (TPSA) is 47.4 Å². The van der Waals surface area contributed by atoms with Gasteiger partial charge >= 0.3 is 0 Å². The van der Waals surface area contributed by atoms with E-state index in [1.165, 1.54) is 0 Å². The molecule has 0 saturated heterocycles. The van der Waals surface area contributed by atoms with Crippen LogP contribution in [-0.4, -0.2) is 33.7 Å². The van der Waals surface area contributed by atoms with Crippen molar-refractivity contribution in [1.29, 1.82) is 0 Å². The van der Waals surface area contributed by atoms with E-state index in [9.17, 15) is 4.79 Å². The molecule has 5 nitrogen and oxygen atoms in total. The van der Waals surface area contributed by atoms with E-state index in [1.54, 1.807) is 29.7 Å². The van der Waals surface area contributed by atoms with Crippen molar-refractivity contribution in [3.8, 4) is 11.4 Å². The van der Waals surface area contributed by atoms with E-state index in [0.717, 1.165) is 15.7 Å². The van der Waals surface area contributed by atoms with Gasteiger partial charge < -0.3 is 9.64 Å². The van der Waals surface area contributed by atoms with Crippen molar-refractivity contribution >= 4 is 21.8 Å². The maximum absolute atomic E-state index is 12.6. The number of hydrogen-bond acceptors (Lipinski definition) is 3. The predicted octanol–water partition coefficient (Wildman–Crippen LogP) is 4.06. The van der Waals surface area contributed by atoms with Crippen LogP contribution in [0.5, 0.6) is 5.75 Å². The third-order valence-electron chi connectivity index (χ3n) is 3.93. The number of carbonyl (C=O) groups is 1. The number of likely N-dealkylation sites (N-methyl/N-ethyl adjacent to an activating group) is 1. The first kappa shape index (κ1) is 18.2. The van der Waals surface area contributed by atoms with Crippen LogP contribution < -0.4 is 4.74 Å². The summed E-state index contributed by atoms with van der Waals surface area (Å²) in [7, 11) is 1.77. The minimum Gasteiger partial charge on any atom is -0.481 e. The van der Waals surface area contributed by atoms with E-state index in [4.69, 9.17) is 4.74 Å². The highest BCUT2D eigenvalue weighted by Gasteiger charge is 2.20. The minimum atomic E-state index is -0.564. The first-order chi connectivity index (χ1) is 12.5. The van der Waals surface area contributed by atoms with E-state index >= 15 is 0 Å². The number of halogens is 1. The van der Waals surface area contributed by atoms with Crippen molar-refractivity contribution in [2.45, 2.75) is 19.6 Å². The van der Waals surface area contributed by atoms with Gasteiger partial charge in [-0.3, -0.25) is 4.79 Å². The molecule has 1 amide bonds. The van der Waals surface area contributed by atoms with Gasteiger partial charge in [-0.1, -0.05) is 34.1 Å². The van der Waals surface area contributed by atoms with Gasteiger partial charge in [0.15, 0.2) is 6.10 Å². The Morgan fingerprint density at radius 2 is 1.88 bits per heavy atom. The second kappa shape index (κ2) is 8.19. The zero-order valence-corrected chi connectivity index (χ0v) is 16.3. The zero-order chi connectivity index (χ0) is 18.5. The average molecular weight is 414 g/mol. The van der Waals surface area contributed by atoms with Crippen molar-refractivity contribution in [3.63, 3.8) is 0 Å². The molecule has 0 aliphatic heterocycles. The maximum atomic E-state index is 12.6. The smallest absolute Gasteiger partial charge is 0.263 e. The molecule has 0 N–H and O–H groups in total. The largest absolute Gasteiger partial charge is 0.481 e. The molecular weight excluding hydrogens is 394 g/mol. The molecule has 0 bridgehead atoms. The van der Waals surface area contributed by atoms with Crippen LogP contribution in [0.25, 0.3) is 5.69 Å². The van der Waals surface area contributed by atoms with E-state index in [0.29, 0.717) is 12.3 Å². The number of carbonyl (C=O) groups excluding carboxylic acids is 1. The fraction of sp³-hybridized carbons (Fsp3) is 0.200. The van der Waals surface area contributed by atoms with Crippen molar-refractivity contribution in [3.05, 3.63) is 77.0 Å². The molecule has 3 aromatic rings. The average Bonchev–Trinajstić information content (AvgIpc) is 3.12. The second-order valence-corrected chi connectivity index (χ2v) is 6.95. The molecule has 0 radical (unpaired) electrons. The molecule has 134 valence electrons. The first-order valence-corrected chi connectivity index (χ1v) is 9.08. The molecule has 0 fully saturated rings. The van der Waals surface area contributed by atoms with Crippen LogP contribution in [0.2, 0.25) is 0 Å². The monoisotopic (exact) mass is 413 g/mol. The SMILES string of the molecule is C[C@@H](Oc1ccc(Br)cc1)C(=O)N(C)Cc1cnn(-c2ccccc2)c1. The number of amides is 1. The van der Waals surface area contributed by atoms with E-state index in [2.05, 4.69) is 21.0 Å². The van der Waals surface area contributed by atoms with Crippen LogP contribution in [0, 0.1) is 0 Å². The zero-order valence-electron chi connectivity index (χ0n) is 14.7. The first-order valence-electron chi connectivity index (χ1n) is 8.29. The fourth-order valence-corrected chi connectivity index (χ4v) is 2.86. The van der Waals surface area contributed by atoms with Gasteiger partial charge in [0.05, 0.1) is 11.9 Å². The Morgan fingerprint density at radius 3 is 2.58 bits per heavy atom. The molecule has 0 unspecified atom stereocenters. The molecule has 6 heteroatoms. The normalized spacial score (nSPS) is 11.8. The lowest BCUT2D eigenvalue weighted by molar-refractivity contribution is -0.137. The molecular formula is C20H20BrN3O2. The molecule has 1 heterocycles. The van der Waals surface area contributed by atoms with Gasteiger partial charge in [0, 0.05) is 29.8 Å². The lowest BCUT2D eigenvalue weighted by Gasteiger charge is -2.21. The molecule has 1 atom stereocenters. The lowest BCUT2D eigenvalue weighted by atomic mass is 10.3. The van der Waals surface area contributed by atoms with E-state index in [1.807, 2.05) is 60.8 Å². The molecule has 1 aromatic heterocycles. The highest BCUT2D eigenvalue weighted by atomic mass is 79.9. The van der Waals surface area contributed by atoms with Gasteiger partial charge in [-0.05, 0) is 43.3 Å². The highest BCUT2D eigenvalue weighted by Crippen LogP contribution is 2.18. The molecule has 26 heavy (non-hydrogen) atoms. The van der Waals surface area contributed by atoms with Gasteiger partial charge in [-0.15, -0.1) is 0 Å². The maximum Gasteiger partial charge on any atom is 0.263 e. The Balaban J connectivity index is 1.60. The lowest BCUT2D eigenvalue weighted by Crippen LogP contribution is -2.37. The van der Waals surface area contributed by atoms with Crippen LogP contribution in [0.4, 0.5) is 0 Å². The summed E-state index contributed by atoms with van der Waals surface area (Å²) in [6.07, 6.45) is 3.14. The Labute approximate surface area is 161 Å². The summed E-state index contributed by atoms with van der Waals surface area (Å²) in [6, 6.07) is 17.3. The van der Waals surface area contributed by atoms with Crippen LogP contribution in [0.15, 0.2) is 71.5 Å². The third-order valence-corrected chi connectivity index (χ3v) is 4.46.